The van der Waals surface area contributed by atoms with Gasteiger partial charge in [0.05, 0.1) is 24.0 Å². The summed E-state index contributed by atoms with van der Waals surface area (Å²) in [6, 6.07) is 4.31. The zero-order chi connectivity index (χ0) is 21.2. The van der Waals surface area contributed by atoms with E-state index in [2.05, 4.69) is 61.1 Å². The van der Waals surface area contributed by atoms with E-state index in [0.717, 1.165) is 69.6 Å². The molecule has 1 saturated heterocycles. The van der Waals surface area contributed by atoms with Gasteiger partial charge in [-0.05, 0) is 68.7 Å². The number of ether oxygens (including phenoxy) is 1. The Labute approximate surface area is 185 Å². The van der Waals surface area contributed by atoms with Gasteiger partial charge in [-0.15, -0.1) is 10.2 Å². The van der Waals surface area contributed by atoms with Gasteiger partial charge in [0, 0.05) is 32.4 Å². The topological polar surface area (TPSA) is 72.2 Å². The van der Waals surface area contributed by atoms with Crippen LogP contribution in [0.5, 0.6) is 0 Å². The highest BCUT2D eigenvalue weighted by Gasteiger charge is 2.44. The molecule has 0 spiro atoms. The van der Waals surface area contributed by atoms with Crippen molar-refractivity contribution < 1.29 is 4.74 Å². The summed E-state index contributed by atoms with van der Waals surface area (Å²) < 4.78 is 8.62. The lowest BCUT2D eigenvalue weighted by molar-refractivity contribution is -0.0375. The maximum Gasteiger partial charge on any atom is 0.151 e. The van der Waals surface area contributed by atoms with E-state index in [0.29, 0.717) is 11.8 Å². The smallest absolute Gasteiger partial charge is 0.151 e. The summed E-state index contributed by atoms with van der Waals surface area (Å²) in [5.74, 6) is 3.03. The van der Waals surface area contributed by atoms with E-state index in [4.69, 9.17) is 4.74 Å². The summed E-state index contributed by atoms with van der Waals surface area (Å²) in [4.78, 5) is 4.78. The highest BCUT2D eigenvalue weighted by atomic mass is 16.5. The van der Waals surface area contributed by atoms with Crippen LogP contribution >= 0.6 is 0 Å². The highest BCUT2D eigenvalue weighted by molar-refractivity contribution is 5.38. The second-order valence-electron chi connectivity index (χ2n) is 9.51. The Balaban J connectivity index is 1.31. The molecule has 1 aliphatic heterocycles. The monoisotopic (exact) mass is 425 g/mol. The summed E-state index contributed by atoms with van der Waals surface area (Å²) >= 11 is 0. The number of aromatic nitrogens is 5. The predicted molar refractivity (Wildman–Crippen MR) is 119 cm³/mol. The molecule has 2 saturated carbocycles. The van der Waals surface area contributed by atoms with Gasteiger partial charge < -0.3 is 9.64 Å². The van der Waals surface area contributed by atoms with Crippen molar-refractivity contribution in [3.05, 3.63) is 30.2 Å². The highest BCUT2D eigenvalue weighted by Crippen LogP contribution is 2.44. The Hall–Kier alpha value is -2.06. The van der Waals surface area contributed by atoms with E-state index in [-0.39, 0.29) is 12.1 Å². The van der Waals surface area contributed by atoms with Crippen LogP contribution in [0.4, 0.5) is 5.82 Å². The second-order valence-corrected chi connectivity index (χ2v) is 9.51. The molecule has 31 heavy (non-hydrogen) atoms. The molecule has 8 nitrogen and oxygen atoms in total. The Bertz CT molecular complexity index is 835. The number of nitrogens with zero attached hydrogens (tertiary/aromatic N) is 7. The molecule has 0 radical (unpaired) electrons. The van der Waals surface area contributed by atoms with Crippen LogP contribution in [-0.2, 0) is 11.3 Å². The third-order valence-corrected chi connectivity index (χ3v) is 7.39. The number of rotatable bonds is 9. The first-order valence-electron chi connectivity index (χ1n) is 12.0. The fraction of sp³-hybridized carbons (Fsp3) is 0.739. The van der Waals surface area contributed by atoms with Crippen molar-refractivity contribution in [3.63, 3.8) is 0 Å². The lowest BCUT2D eigenvalue weighted by atomic mass is 9.77. The molecule has 2 aliphatic carbocycles. The van der Waals surface area contributed by atoms with Gasteiger partial charge in [-0.1, -0.05) is 19.1 Å². The fourth-order valence-electron chi connectivity index (χ4n) is 5.27. The summed E-state index contributed by atoms with van der Waals surface area (Å²) in [7, 11) is 0. The molecule has 4 atom stereocenters. The van der Waals surface area contributed by atoms with Gasteiger partial charge in [-0.25, -0.2) is 4.68 Å². The number of anilines is 1. The Morgan fingerprint density at radius 1 is 1.10 bits per heavy atom. The lowest BCUT2D eigenvalue weighted by Crippen LogP contribution is -2.38. The molecule has 8 heteroatoms. The molecule has 168 valence electrons. The average Bonchev–Trinajstić information content (AvgIpc) is 3.36. The zero-order valence-corrected chi connectivity index (χ0v) is 18.8. The largest absolute Gasteiger partial charge is 0.376 e. The molecule has 0 N–H and O–H groups in total. The van der Waals surface area contributed by atoms with Gasteiger partial charge in [0.15, 0.2) is 5.82 Å². The van der Waals surface area contributed by atoms with Gasteiger partial charge in [-0.3, -0.25) is 4.90 Å². The van der Waals surface area contributed by atoms with Gasteiger partial charge in [0.2, 0.25) is 0 Å². The van der Waals surface area contributed by atoms with Crippen LogP contribution in [0.1, 0.15) is 51.3 Å². The van der Waals surface area contributed by atoms with E-state index in [1.165, 1.54) is 12.8 Å². The summed E-state index contributed by atoms with van der Waals surface area (Å²) in [6.45, 7) is 10.3. The van der Waals surface area contributed by atoms with Crippen LogP contribution < -0.4 is 4.90 Å². The minimum atomic E-state index is 0.215. The van der Waals surface area contributed by atoms with Crippen LogP contribution in [-0.4, -0.2) is 69.0 Å². The molecular formula is C23H35N7O. The van der Waals surface area contributed by atoms with Crippen molar-refractivity contribution >= 4 is 5.82 Å². The van der Waals surface area contributed by atoms with Crippen LogP contribution in [0.25, 0.3) is 0 Å². The van der Waals surface area contributed by atoms with Crippen molar-refractivity contribution in [1.29, 1.82) is 0 Å². The minimum Gasteiger partial charge on any atom is -0.376 e. The van der Waals surface area contributed by atoms with Gasteiger partial charge in [0.1, 0.15) is 0 Å². The molecule has 3 heterocycles. The van der Waals surface area contributed by atoms with Crippen molar-refractivity contribution in [3.8, 4) is 0 Å². The average molecular weight is 426 g/mol. The number of fused-ring (bicyclic) bond motifs is 1. The van der Waals surface area contributed by atoms with E-state index in [9.17, 15) is 0 Å². The Morgan fingerprint density at radius 2 is 1.90 bits per heavy atom. The molecule has 3 fully saturated rings. The van der Waals surface area contributed by atoms with Crippen LogP contribution in [0.15, 0.2) is 24.5 Å². The fourth-order valence-corrected chi connectivity index (χ4v) is 5.27. The normalized spacial score (nSPS) is 28.3. The Kier molecular flexibility index (Phi) is 6.18. The Morgan fingerprint density at radius 3 is 2.61 bits per heavy atom. The third-order valence-electron chi connectivity index (χ3n) is 7.39. The van der Waals surface area contributed by atoms with Gasteiger partial charge in [-0.2, -0.15) is 5.10 Å². The summed E-state index contributed by atoms with van der Waals surface area (Å²) in [5, 5.41) is 17.5. The second kappa shape index (κ2) is 9.20. The zero-order valence-electron chi connectivity index (χ0n) is 18.8. The molecule has 2 aromatic rings. The first-order chi connectivity index (χ1) is 15.2. The van der Waals surface area contributed by atoms with E-state index >= 15 is 0 Å². The minimum absolute atomic E-state index is 0.215. The van der Waals surface area contributed by atoms with E-state index in [1.807, 2.05) is 6.07 Å². The van der Waals surface area contributed by atoms with E-state index in [1.54, 1.807) is 6.20 Å². The molecule has 0 amide bonds. The van der Waals surface area contributed by atoms with Crippen molar-refractivity contribution in [2.45, 2.75) is 58.2 Å². The molecule has 0 bridgehead atoms. The first-order valence-corrected chi connectivity index (χ1v) is 12.0. The molecular weight excluding hydrogens is 390 g/mol. The summed E-state index contributed by atoms with van der Waals surface area (Å²) in [6.07, 6.45) is 8.93. The molecule has 2 aromatic heterocycles. The predicted octanol–water partition coefficient (Wildman–Crippen LogP) is 2.79. The van der Waals surface area contributed by atoms with Crippen LogP contribution in [0.3, 0.4) is 0 Å². The van der Waals surface area contributed by atoms with E-state index < -0.39 is 0 Å². The standard InChI is InChI=1S/C23H35N7O/c1-3-28(4-2)14-20-15-30(27-25-20)21-10-18-12-29(23-6-5-9-24-26-23)13-19(18)11-22(21)31-16-17-7-8-17/h5-6,9,15,17-19,21-22H,3-4,7-8,10-14,16H2,1-2H3/t18-,19+,21-,22-/m1/s1. The van der Waals surface area contributed by atoms with Crippen molar-refractivity contribution in [1.82, 2.24) is 30.1 Å². The molecule has 3 aliphatic rings. The maximum absolute atomic E-state index is 6.51. The van der Waals surface area contributed by atoms with Crippen molar-refractivity contribution in [2.75, 3.05) is 37.7 Å². The van der Waals surface area contributed by atoms with Gasteiger partial charge >= 0.3 is 0 Å². The molecule has 0 unspecified atom stereocenters. The molecule has 5 rings (SSSR count). The van der Waals surface area contributed by atoms with Crippen LogP contribution in [0, 0.1) is 17.8 Å². The van der Waals surface area contributed by atoms with Crippen molar-refractivity contribution in [2.24, 2.45) is 17.8 Å². The van der Waals surface area contributed by atoms with Gasteiger partial charge in [0.25, 0.3) is 0 Å². The third kappa shape index (κ3) is 4.75. The number of hydrogen-bond donors (Lipinski definition) is 0. The number of hydrogen-bond acceptors (Lipinski definition) is 7. The first kappa shape index (κ1) is 20.8. The quantitative estimate of drug-likeness (QED) is 0.612. The molecule has 0 aromatic carbocycles. The van der Waals surface area contributed by atoms with Crippen LogP contribution in [0.2, 0.25) is 0 Å². The summed E-state index contributed by atoms with van der Waals surface area (Å²) in [5.41, 5.74) is 1.05. The lowest BCUT2D eigenvalue weighted by Gasteiger charge is -2.37. The maximum atomic E-state index is 6.51. The SMILES string of the molecule is CCN(CC)Cc1cn([C@@H]2C[C@@H]3CN(c4cccnn4)C[C@@H]3C[C@H]2OCC2CC2)nn1.